The molecule has 1 aromatic carbocycles. The Morgan fingerprint density at radius 3 is 2.61 bits per heavy atom. The van der Waals surface area contributed by atoms with Crippen molar-refractivity contribution in [3.63, 3.8) is 0 Å². The Morgan fingerprint density at radius 2 is 1.94 bits per heavy atom. The van der Waals surface area contributed by atoms with Gasteiger partial charge in [0.25, 0.3) is 0 Å². The highest BCUT2D eigenvalue weighted by molar-refractivity contribution is 5.23. The molecule has 2 N–H and O–H groups in total. The predicted molar refractivity (Wildman–Crippen MR) is 72.5 cm³/mol. The topological polar surface area (TPSA) is 44.5 Å². The van der Waals surface area contributed by atoms with Crippen molar-refractivity contribution in [2.75, 3.05) is 26.4 Å². The summed E-state index contributed by atoms with van der Waals surface area (Å²) in [6, 6.07) is 8.32. The van der Waals surface area contributed by atoms with Gasteiger partial charge in [-0.15, -0.1) is 0 Å². The van der Waals surface area contributed by atoms with E-state index >= 15 is 0 Å². The molecule has 3 nitrogen and oxygen atoms in total. The van der Waals surface area contributed by atoms with Gasteiger partial charge < -0.3 is 15.2 Å². The predicted octanol–water partition coefficient (Wildman–Crippen LogP) is 2.44. The Hall–Kier alpha value is -0.900. The Labute approximate surface area is 109 Å². The van der Waals surface area contributed by atoms with Crippen molar-refractivity contribution in [3.05, 3.63) is 35.4 Å². The molecule has 1 unspecified atom stereocenters. The molecule has 0 aliphatic carbocycles. The molecule has 0 aromatic heterocycles. The van der Waals surface area contributed by atoms with E-state index in [0.717, 1.165) is 38.2 Å². The second-order valence-corrected chi connectivity index (χ2v) is 5.11. The largest absolute Gasteiger partial charge is 0.381 e. The molecule has 0 amide bonds. The second-order valence-electron chi connectivity index (χ2n) is 5.11. The zero-order valence-electron chi connectivity index (χ0n) is 11.1. The smallest absolute Gasteiger partial charge is 0.0659 e. The van der Waals surface area contributed by atoms with Crippen LogP contribution in [0.25, 0.3) is 0 Å². The Kier molecular flexibility index (Phi) is 5.17. The molecule has 1 atom stereocenters. The summed E-state index contributed by atoms with van der Waals surface area (Å²) in [5.74, 6) is 0.643. The standard InChI is InChI=1S/C15H23NO2/c1-12-2-4-14(5-3-12)15(16)11-18-10-13-6-8-17-9-7-13/h2-5,13,15H,6-11,16H2,1H3. The highest BCUT2D eigenvalue weighted by atomic mass is 16.5. The van der Waals surface area contributed by atoms with Crippen LogP contribution < -0.4 is 5.73 Å². The average molecular weight is 249 g/mol. The van der Waals surface area contributed by atoms with Crippen LogP contribution >= 0.6 is 0 Å². The molecular formula is C15H23NO2. The maximum absolute atomic E-state index is 6.11. The van der Waals surface area contributed by atoms with E-state index in [4.69, 9.17) is 15.2 Å². The first-order valence-electron chi connectivity index (χ1n) is 6.73. The Balaban J connectivity index is 1.70. The van der Waals surface area contributed by atoms with Gasteiger partial charge in [-0.1, -0.05) is 29.8 Å². The fraction of sp³-hybridized carbons (Fsp3) is 0.600. The molecule has 0 radical (unpaired) electrons. The summed E-state index contributed by atoms with van der Waals surface area (Å²) in [6.45, 7) is 5.23. The molecule has 18 heavy (non-hydrogen) atoms. The Morgan fingerprint density at radius 1 is 1.28 bits per heavy atom. The summed E-state index contributed by atoms with van der Waals surface area (Å²) in [5, 5.41) is 0. The fourth-order valence-electron chi connectivity index (χ4n) is 2.18. The van der Waals surface area contributed by atoms with Crippen LogP contribution in [-0.4, -0.2) is 26.4 Å². The number of ether oxygens (including phenoxy) is 2. The third-order valence-electron chi connectivity index (χ3n) is 3.50. The summed E-state index contributed by atoms with van der Waals surface area (Å²) in [4.78, 5) is 0. The molecule has 0 bridgehead atoms. The van der Waals surface area contributed by atoms with Crippen molar-refractivity contribution in [2.45, 2.75) is 25.8 Å². The minimum absolute atomic E-state index is 0.0227. The molecule has 100 valence electrons. The normalized spacial score (nSPS) is 18.8. The monoisotopic (exact) mass is 249 g/mol. The fourth-order valence-corrected chi connectivity index (χ4v) is 2.18. The summed E-state index contributed by atoms with van der Waals surface area (Å²) in [5.41, 5.74) is 8.52. The number of rotatable bonds is 5. The molecule has 2 rings (SSSR count). The van der Waals surface area contributed by atoms with Crippen molar-refractivity contribution in [3.8, 4) is 0 Å². The van der Waals surface area contributed by atoms with Crippen LogP contribution in [0.1, 0.15) is 30.0 Å². The van der Waals surface area contributed by atoms with Crippen LogP contribution in [0.15, 0.2) is 24.3 Å². The van der Waals surface area contributed by atoms with Crippen molar-refractivity contribution in [1.82, 2.24) is 0 Å². The minimum Gasteiger partial charge on any atom is -0.381 e. The van der Waals surface area contributed by atoms with Gasteiger partial charge in [0, 0.05) is 19.8 Å². The number of hydrogen-bond donors (Lipinski definition) is 1. The van der Waals surface area contributed by atoms with Crippen molar-refractivity contribution in [2.24, 2.45) is 11.7 Å². The molecule has 0 spiro atoms. The van der Waals surface area contributed by atoms with E-state index in [-0.39, 0.29) is 6.04 Å². The van der Waals surface area contributed by atoms with Gasteiger partial charge in [0.1, 0.15) is 0 Å². The maximum Gasteiger partial charge on any atom is 0.0659 e. The molecule has 1 fully saturated rings. The van der Waals surface area contributed by atoms with Crippen molar-refractivity contribution in [1.29, 1.82) is 0 Å². The quantitative estimate of drug-likeness (QED) is 0.871. The van der Waals surface area contributed by atoms with Gasteiger partial charge >= 0.3 is 0 Å². The van der Waals surface area contributed by atoms with Gasteiger partial charge in [0.05, 0.1) is 12.6 Å². The first-order chi connectivity index (χ1) is 8.75. The summed E-state index contributed by atoms with van der Waals surface area (Å²) in [6.07, 6.45) is 2.22. The zero-order valence-corrected chi connectivity index (χ0v) is 11.1. The van der Waals surface area contributed by atoms with E-state index < -0.39 is 0 Å². The average Bonchev–Trinajstić information content (AvgIpc) is 2.40. The zero-order chi connectivity index (χ0) is 12.8. The van der Waals surface area contributed by atoms with Crippen LogP contribution in [-0.2, 0) is 9.47 Å². The lowest BCUT2D eigenvalue weighted by Gasteiger charge is -2.22. The van der Waals surface area contributed by atoms with Crippen LogP contribution in [0.5, 0.6) is 0 Å². The lowest BCUT2D eigenvalue weighted by Crippen LogP contribution is -2.23. The summed E-state index contributed by atoms with van der Waals surface area (Å²) < 4.78 is 11.1. The van der Waals surface area contributed by atoms with Gasteiger partial charge in [-0.05, 0) is 31.2 Å². The number of nitrogens with two attached hydrogens (primary N) is 1. The van der Waals surface area contributed by atoms with E-state index in [9.17, 15) is 0 Å². The molecule has 1 aliphatic heterocycles. The van der Waals surface area contributed by atoms with Gasteiger partial charge in [0.2, 0.25) is 0 Å². The summed E-state index contributed by atoms with van der Waals surface area (Å²) in [7, 11) is 0. The first-order valence-corrected chi connectivity index (χ1v) is 6.73. The molecular weight excluding hydrogens is 226 g/mol. The van der Waals surface area contributed by atoms with E-state index in [0.29, 0.717) is 12.5 Å². The van der Waals surface area contributed by atoms with Gasteiger partial charge in [0.15, 0.2) is 0 Å². The van der Waals surface area contributed by atoms with Crippen LogP contribution in [0.4, 0.5) is 0 Å². The maximum atomic E-state index is 6.11. The highest BCUT2D eigenvalue weighted by Crippen LogP contribution is 2.16. The molecule has 3 heteroatoms. The Bertz CT molecular complexity index is 344. The van der Waals surface area contributed by atoms with E-state index in [2.05, 4.69) is 31.2 Å². The molecule has 1 aliphatic rings. The highest BCUT2D eigenvalue weighted by Gasteiger charge is 2.14. The lowest BCUT2D eigenvalue weighted by atomic mass is 10.0. The molecule has 1 saturated heterocycles. The van der Waals surface area contributed by atoms with Gasteiger partial charge in [-0.3, -0.25) is 0 Å². The van der Waals surface area contributed by atoms with Crippen molar-refractivity contribution < 1.29 is 9.47 Å². The van der Waals surface area contributed by atoms with Crippen LogP contribution in [0.2, 0.25) is 0 Å². The molecule has 1 aromatic rings. The number of benzene rings is 1. The number of hydrogen-bond acceptors (Lipinski definition) is 3. The second kappa shape index (κ2) is 6.88. The third kappa shape index (κ3) is 4.09. The first kappa shape index (κ1) is 13.5. The molecule has 0 saturated carbocycles. The SMILES string of the molecule is Cc1ccc(C(N)COCC2CCOCC2)cc1. The van der Waals surface area contributed by atoms with E-state index in [1.807, 2.05) is 0 Å². The number of aryl methyl sites for hydroxylation is 1. The molecule has 1 heterocycles. The van der Waals surface area contributed by atoms with E-state index in [1.54, 1.807) is 0 Å². The third-order valence-corrected chi connectivity index (χ3v) is 3.50. The van der Waals surface area contributed by atoms with Crippen LogP contribution in [0.3, 0.4) is 0 Å². The van der Waals surface area contributed by atoms with Crippen molar-refractivity contribution >= 4 is 0 Å². The van der Waals surface area contributed by atoms with Gasteiger partial charge in [-0.25, -0.2) is 0 Å². The minimum atomic E-state index is -0.0227. The lowest BCUT2D eigenvalue weighted by molar-refractivity contribution is 0.0174. The summed E-state index contributed by atoms with van der Waals surface area (Å²) >= 11 is 0. The van der Waals surface area contributed by atoms with Crippen LogP contribution in [0, 0.1) is 12.8 Å². The van der Waals surface area contributed by atoms with E-state index in [1.165, 1.54) is 5.56 Å². The van der Waals surface area contributed by atoms with Gasteiger partial charge in [-0.2, -0.15) is 0 Å².